The van der Waals surface area contributed by atoms with E-state index in [0.717, 1.165) is 18.1 Å². The van der Waals surface area contributed by atoms with Gasteiger partial charge in [0, 0.05) is 17.1 Å². The summed E-state index contributed by atoms with van der Waals surface area (Å²) in [5.41, 5.74) is 1.29. The number of hydrogen-bond donors (Lipinski definition) is 1. The summed E-state index contributed by atoms with van der Waals surface area (Å²) in [7, 11) is 2.20. The van der Waals surface area contributed by atoms with Gasteiger partial charge in [-0.15, -0.1) is 0 Å². The van der Waals surface area contributed by atoms with Crippen molar-refractivity contribution in [3.8, 4) is 0 Å². The summed E-state index contributed by atoms with van der Waals surface area (Å²) in [4.78, 5) is 2.43. The van der Waals surface area contributed by atoms with Crippen molar-refractivity contribution in [2.75, 3.05) is 20.1 Å². The Morgan fingerprint density at radius 3 is 2.68 bits per heavy atom. The smallest absolute Gasteiger partial charge is 0.0409 e. The van der Waals surface area contributed by atoms with Crippen LogP contribution in [-0.4, -0.2) is 31.1 Å². The monoisotopic (exact) mass is 282 g/mol. The van der Waals surface area contributed by atoms with Crippen LogP contribution in [-0.2, 0) is 0 Å². The molecule has 0 aliphatic heterocycles. The molecule has 0 saturated heterocycles. The van der Waals surface area contributed by atoms with Crippen molar-refractivity contribution in [2.45, 2.75) is 45.7 Å². The van der Waals surface area contributed by atoms with Crippen LogP contribution < -0.4 is 5.32 Å². The molecule has 0 bridgehead atoms. The molecule has 1 rings (SSSR count). The summed E-state index contributed by atoms with van der Waals surface area (Å²) in [6, 6.07) is 9.14. The van der Waals surface area contributed by atoms with Gasteiger partial charge in [-0.05, 0) is 64.5 Å². The van der Waals surface area contributed by atoms with Gasteiger partial charge in [-0.25, -0.2) is 0 Å². The first-order valence-corrected chi connectivity index (χ1v) is 7.62. The molecule has 1 aromatic rings. The third-order valence-electron chi connectivity index (χ3n) is 3.86. The van der Waals surface area contributed by atoms with Crippen molar-refractivity contribution >= 4 is 11.6 Å². The maximum atomic E-state index is 6.06. The van der Waals surface area contributed by atoms with Crippen LogP contribution in [0.5, 0.6) is 0 Å². The van der Waals surface area contributed by atoms with Crippen molar-refractivity contribution in [1.82, 2.24) is 10.2 Å². The van der Waals surface area contributed by atoms with Crippen molar-refractivity contribution in [2.24, 2.45) is 0 Å². The van der Waals surface area contributed by atoms with Crippen LogP contribution >= 0.6 is 11.6 Å². The molecule has 0 spiro atoms. The molecule has 2 nitrogen and oxygen atoms in total. The number of halogens is 1. The summed E-state index contributed by atoms with van der Waals surface area (Å²) in [6.45, 7) is 8.86. The van der Waals surface area contributed by atoms with E-state index in [-0.39, 0.29) is 0 Å². The summed E-state index contributed by atoms with van der Waals surface area (Å²) >= 11 is 6.06. The first-order valence-electron chi connectivity index (χ1n) is 7.24. The van der Waals surface area contributed by atoms with Gasteiger partial charge in [-0.2, -0.15) is 0 Å². The normalized spacial score (nSPS) is 14.6. The lowest BCUT2D eigenvalue weighted by Gasteiger charge is -2.31. The molecule has 0 amide bonds. The second-order valence-corrected chi connectivity index (χ2v) is 5.68. The molecule has 0 aromatic heterocycles. The zero-order chi connectivity index (χ0) is 14.3. The summed E-state index contributed by atoms with van der Waals surface area (Å²) < 4.78 is 0. The minimum atomic E-state index is 0.396. The molecule has 3 heteroatoms. The van der Waals surface area contributed by atoms with Gasteiger partial charge in [0.25, 0.3) is 0 Å². The van der Waals surface area contributed by atoms with Crippen molar-refractivity contribution in [3.63, 3.8) is 0 Å². The van der Waals surface area contributed by atoms with Crippen LogP contribution in [0.4, 0.5) is 0 Å². The van der Waals surface area contributed by atoms with E-state index < -0.39 is 0 Å². The Labute approximate surface area is 123 Å². The predicted molar refractivity (Wildman–Crippen MR) is 84.9 cm³/mol. The molecular formula is C16H27ClN2. The molecule has 0 fully saturated rings. The highest BCUT2D eigenvalue weighted by molar-refractivity contribution is 6.30. The lowest BCUT2D eigenvalue weighted by atomic mass is 10.0. The quantitative estimate of drug-likeness (QED) is 0.722. The Kier molecular flexibility index (Phi) is 7.44. The second kappa shape index (κ2) is 8.57. The fraction of sp³-hybridized carbons (Fsp3) is 0.625. The minimum Gasteiger partial charge on any atom is -0.317 e. The first-order chi connectivity index (χ1) is 9.06. The van der Waals surface area contributed by atoms with Crippen LogP contribution in [0.15, 0.2) is 24.3 Å². The van der Waals surface area contributed by atoms with E-state index in [1.807, 2.05) is 12.1 Å². The molecule has 19 heavy (non-hydrogen) atoms. The fourth-order valence-corrected chi connectivity index (χ4v) is 2.48. The van der Waals surface area contributed by atoms with Gasteiger partial charge >= 0.3 is 0 Å². The molecule has 0 saturated carbocycles. The van der Waals surface area contributed by atoms with Crippen LogP contribution in [0.1, 0.15) is 45.2 Å². The van der Waals surface area contributed by atoms with Gasteiger partial charge in [-0.3, -0.25) is 4.90 Å². The Morgan fingerprint density at radius 1 is 1.32 bits per heavy atom. The molecule has 0 aliphatic carbocycles. The maximum Gasteiger partial charge on any atom is 0.0409 e. The van der Waals surface area contributed by atoms with Crippen LogP contribution in [0.2, 0.25) is 5.02 Å². The molecule has 0 heterocycles. The molecule has 0 aliphatic rings. The lowest BCUT2D eigenvalue weighted by molar-refractivity contribution is 0.186. The van der Waals surface area contributed by atoms with Crippen LogP contribution in [0, 0.1) is 0 Å². The molecule has 108 valence electrons. The highest BCUT2D eigenvalue weighted by Crippen LogP contribution is 2.24. The number of nitrogens with zero attached hydrogens (tertiary/aromatic N) is 1. The van der Waals surface area contributed by atoms with Gasteiger partial charge in [0.05, 0.1) is 0 Å². The summed E-state index contributed by atoms with van der Waals surface area (Å²) in [5, 5.41) is 4.19. The zero-order valence-corrected chi connectivity index (χ0v) is 13.4. The van der Waals surface area contributed by atoms with Gasteiger partial charge in [0.15, 0.2) is 0 Å². The third-order valence-corrected chi connectivity index (χ3v) is 4.10. The zero-order valence-electron chi connectivity index (χ0n) is 12.6. The Bertz CT molecular complexity index is 368. The predicted octanol–water partition coefficient (Wildman–Crippen LogP) is 4.11. The molecule has 1 N–H and O–H groups in total. The Hall–Kier alpha value is -0.570. The molecule has 2 atom stereocenters. The third kappa shape index (κ3) is 5.52. The first kappa shape index (κ1) is 16.5. The van der Waals surface area contributed by atoms with Crippen LogP contribution in [0.25, 0.3) is 0 Å². The van der Waals surface area contributed by atoms with E-state index in [2.05, 4.69) is 50.2 Å². The second-order valence-electron chi connectivity index (χ2n) is 5.24. The van der Waals surface area contributed by atoms with E-state index >= 15 is 0 Å². The van der Waals surface area contributed by atoms with Crippen molar-refractivity contribution < 1.29 is 0 Å². The molecule has 2 unspecified atom stereocenters. The Morgan fingerprint density at radius 2 is 2.05 bits per heavy atom. The average Bonchev–Trinajstić information content (AvgIpc) is 2.41. The van der Waals surface area contributed by atoms with Gasteiger partial charge < -0.3 is 5.32 Å². The number of benzene rings is 1. The van der Waals surface area contributed by atoms with E-state index in [9.17, 15) is 0 Å². The fourth-order valence-electron chi connectivity index (χ4n) is 2.29. The summed E-state index contributed by atoms with van der Waals surface area (Å²) in [5.74, 6) is 0. The minimum absolute atomic E-state index is 0.396. The summed E-state index contributed by atoms with van der Waals surface area (Å²) in [6.07, 6.45) is 2.44. The highest BCUT2D eigenvalue weighted by atomic mass is 35.5. The molecular weight excluding hydrogens is 256 g/mol. The number of hydrogen-bond acceptors (Lipinski definition) is 2. The van der Waals surface area contributed by atoms with Crippen molar-refractivity contribution in [1.29, 1.82) is 0 Å². The van der Waals surface area contributed by atoms with Crippen molar-refractivity contribution in [3.05, 3.63) is 34.9 Å². The molecule has 0 radical (unpaired) electrons. The van der Waals surface area contributed by atoms with Crippen LogP contribution in [0.3, 0.4) is 0 Å². The molecule has 1 aromatic carbocycles. The number of nitrogens with one attached hydrogen (secondary N) is 1. The van der Waals surface area contributed by atoms with Gasteiger partial charge in [0.1, 0.15) is 0 Å². The van der Waals surface area contributed by atoms with Gasteiger partial charge in [0.2, 0.25) is 0 Å². The standard InChI is InChI=1S/C16H27ClN2/c1-5-18-11-7-8-13(2)19(4)14(3)15-9-6-10-16(17)12-15/h6,9-10,12-14,18H,5,7-8,11H2,1-4H3. The SMILES string of the molecule is CCNCCCC(C)N(C)C(C)c1cccc(Cl)c1. The van der Waals surface area contributed by atoms with E-state index in [4.69, 9.17) is 11.6 Å². The highest BCUT2D eigenvalue weighted by Gasteiger charge is 2.17. The van der Waals surface area contributed by atoms with E-state index in [1.54, 1.807) is 0 Å². The van der Waals surface area contributed by atoms with E-state index in [1.165, 1.54) is 18.4 Å². The van der Waals surface area contributed by atoms with E-state index in [0.29, 0.717) is 12.1 Å². The topological polar surface area (TPSA) is 15.3 Å². The number of rotatable bonds is 8. The average molecular weight is 283 g/mol. The largest absolute Gasteiger partial charge is 0.317 e. The Balaban J connectivity index is 2.49. The lowest BCUT2D eigenvalue weighted by Crippen LogP contribution is -2.32. The van der Waals surface area contributed by atoms with Gasteiger partial charge in [-0.1, -0.05) is 30.7 Å². The maximum absolute atomic E-state index is 6.06.